The van der Waals surface area contributed by atoms with E-state index in [-0.39, 0.29) is 10.7 Å². The lowest BCUT2D eigenvalue weighted by atomic mass is 10.3. The molecular formula is C11H9ClFN3O3. The van der Waals surface area contributed by atoms with E-state index in [1.165, 1.54) is 6.92 Å². The molecule has 0 unspecified atom stereocenters. The van der Waals surface area contributed by atoms with Crippen molar-refractivity contribution in [2.24, 2.45) is 0 Å². The van der Waals surface area contributed by atoms with Crippen LogP contribution in [0.2, 0.25) is 5.02 Å². The lowest BCUT2D eigenvalue weighted by Gasteiger charge is -2.08. The Kier molecular flexibility index (Phi) is 3.50. The number of aliphatic hydroxyl groups is 1. The average Bonchev–Trinajstić information content (AvgIpc) is 2.30. The second-order valence-electron chi connectivity index (χ2n) is 3.81. The Bertz CT molecular complexity index is 723. The van der Waals surface area contributed by atoms with Gasteiger partial charge in [-0.25, -0.2) is 18.7 Å². The van der Waals surface area contributed by atoms with Gasteiger partial charge in [-0.2, -0.15) is 0 Å². The highest BCUT2D eigenvalue weighted by Gasteiger charge is 2.15. The van der Waals surface area contributed by atoms with E-state index in [2.05, 4.69) is 9.97 Å². The Morgan fingerprint density at radius 1 is 1.47 bits per heavy atom. The molecule has 2 N–H and O–H groups in total. The van der Waals surface area contributed by atoms with Gasteiger partial charge in [0.2, 0.25) is 0 Å². The molecular weight excluding hydrogens is 277 g/mol. The predicted molar refractivity (Wildman–Crippen MR) is 66.1 cm³/mol. The molecule has 0 spiro atoms. The largest absolute Gasteiger partial charge is 0.390 e. The van der Waals surface area contributed by atoms with Crippen LogP contribution in [-0.4, -0.2) is 19.6 Å². The molecule has 2 rings (SSSR count). The summed E-state index contributed by atoms with van der Waals surface area (Å²) in [6.45, 7) is 0.989. The molecule has 0 radical (unpaired) electrons. The van der Waals surface area contributed by atoms with Crippen molar-refractivity contribution in [2.75, 3.05) is 0 Å². The first kappa shape index (κ1) is 13.4. The Hall–Kier alpha value is -1.99. The van der Waals surface area contributed by atoms with Gasteiger partial charge in [0, 0.05) is 11.8 Å². The van der Waals surface area contributed by atoms with Gasteiger partial charge in [0.05, 0.1) is 17.3 Å². The molecule has 0 amide bonds. The zero-order valence-electron chi connectivity index (χ0n) is 9.78. The van der Waals surface area contributed by atoms with Gasteiger partial charge < -0.3 is 10.1 Å². The van der Waals surface area contributed by atoms with Crippen molar-refractivity contribution in [3.05, 3.63) is 55.2 Å². The minimum Gasteiger partial charge on any atom is -0.390 e. The molecule has 8 heteroatoms. The van der Waals surface area contributed by atoms with Gasteiger partial charge in [-0.3, -0.25) is 4.79 Å². The summed E-state index contributed by atoms with van der Waals surface area (Å²) in [6.07, 6.45) is 0. The zero-order valence-corrected chi connectivity index (χ0v) is 10.5. The number of aromatic amines is 1. The van der Waals surface area contributed by atoms with Crippen molar-refractivity contribution in [3.63, 3.8) is 0 Å². The monoisotopic (exact) mass is 285 g/mol. The fourth-order valence-electron chi connectivity index (χ4n) is 1.57. The molecule has 0 saturated heterocycles. The summed E-state index contributed by atoms with van der Waals surface area (Å²) >= 11 is 5.66. The molecule has 0 aliphatic rings. The first-order valence-electron chi connectivity index (χ1n) is 5.23. The van der Waals surface area contributed by atoms with Crippen LogP contribution >= 0.6 is 11.6 Å². The maximum Gasteiger partial charge on any atom is 0.334 e. The van der Waals surface area contributed by atoms with Crippen molar-refractivity contribution in [2.45, 2.75) is 13.5 Å². The molecule has 0 atom stereocenters. The lowest BCUT2D eigenvalue weighted by molar-refractivity contribution is 0.276. The van der Waals surface area contributed by atoms with Crippen molar-refractivity contribution in [1.82, 2.24) is 14.5 Å². The summed E-state index contributed by atoms with van der Waals surface area (Å²) in [5.41, 5.74) is -1.21. The average molecular weight is 286 g/mol. The third-order valence-corrected chi connectivity index (χ3v) is 2.74. The van der Waals surface area contributed by atoms with E-state index >= 15 is 0 Å². The van der Waals surface area contributed by atoms with Crippen LogP contribution in [0.25, 0.3) is 5.82 Å². The van der Waals surface area contributed by atoms with Crippen LogP contribution in [0.5, 0.6) is 0 Å². The number of H-pyrrole nitrogens is 1. The lowest BCUT2D eigenvalue weighted by Crippen LogP contribution is -2.35. The number of hydrogen-bond donors (Lipinski definition) is 2. The minimum absolute atomic E-state index is 0.0232. The van der Waals surface area contributed by atoms with Gasteiger partial charge in [0.25, 0.3) is 5.56 Å². The standard InChI is InChI=1S/C11H9ClFN3O3/c1-5-2-9(18)16(11(19)14-5)10-7(13)3-6(12)8(4-17)15-10/h2-3,17H,4H2,1H3,(H,14,19). The summed E-state index contributed by atoms with van der Waals surface area (Å²) < 4.78 is 14.3. The summed E-state index contributed by atoms with van der Waals surface area (Å²) in [5, 5.41) is 8.94. The van der Waals surface area contributed by atoms with Crippen LogP contribution in [0.4, 0.5) is 4.39 Å². The maximum absolute atomic E-state index is 13.8. The normalized spacial score (nSPS) is 10.7. The smallest absolute Gasteiger partial charge is 0.334 e. The van der Waals surface area contributed by atoms with Crippen LogP contribution < -0.4 is 11.2 Å². The predicted octanol–water partition coefficient (Wildman–Crippen LogP) is 0.514. The Balaban J connectivity index is 2.80. The van der Waals surface area contributed by atoms with Gasteiger partial charge in [0.1, 0.15) is 0 Å². The van der Waals surface area contributed by atoms with Crippen LogP contribution in [0.1, 0.15) is 11.4 Å². The minimum atomic E-state index is -0.932. The van der Waals surface area contributed by atoms with Crippen molar-refractivity contribution in [1.29, 1.82) is 0 Å². The number of nitrogens with zero attached hydrogens (tertiary/aromatic N) is 2. The molecule has 0 saturated carbocycles. The van der Waals surface area contributed by atoms with Crippen LogP contribution in [0.15, 0.2) is 21.7 Å². The second-order valence-corrected chi connectivity index (χ2v) is 4.22. The van der Waals surface area contributed by atoms with E-state index in [1.807, 2.05) is 0 Å². The van der Waals surface area contributed by atoms with E-state index in [0.29, 0.717) is 10.3 Å². The molecule has 100 valence electrons. The summed E-state index contributed by atoms with van der Waals surface area (Å²) in [4.78, 5) is 29.5. The molecule has 6 nitrogen and oxygen atoms in total. The Morgan fingerprint density at radius 3 is 2.74 bits per heavy atom. The third kappa shape index (κ3) is 2.42. The highest BCUT2D eigenvalue weighted by atomic mass is 35.5. The Morgan fingerprint density at radius 2 is 2.16 bits per heavy atom. The van der Waals surface area contributed by atoms with Crippen LogP contribution in [0.3, 0.4) is 0 Å². The highest BCUT2D eigenvalue weighted by molar-refractivity contribution is 6.31. The Labute approximate surface area is 111 Å². The van der Waals surface area contributed by atoms with Crippen molar-refractivity contribution in [3.8, 4) is 5.82 Å². The number of aliphatic hydroxyl groups excluding tert-OH is 1. The van der Waals surface area contributed by atoms with Gasteiger partial charge in [-0.1, -0.05) is 11.6 Å². The number of aryl methyl sites for hydroxylation is 1. The van der Waals surface area contributed by atoms with Crippen LogP contribution in [-0.2, 0) is 6.61 Å². The molecule has 0 bridgehead atoms. The number of nitrogens with one attached hydrogen (secondary N) is 1. The zero-order chi connectivity index (χ0) is 14.2. The van der Waals surface area contributed by atoms with E-state index in [4.69, 9.17) is 16.7 Å². The third-order valence-electron chi connectivity index (χ3n) is 2.41. The van der Waals surface area contributed by atoms with Crippen molar-refractivity contribution < 1.29 is 9.50 Å². The molecule has 0 aliphatic heterocycles. The topological polar surface area (TPSA) is 88.0 Å². The molecule has 0 aliphatic carbocycles. The molecule has 0 aromatic carbocycles. The number of hydrogen-bond acceptors (Lipinski definition) is 4. The van der Waals surface area contributed by atoms with Gasteiger partial charge in [-0.15, -0.1) is 0 Å². The number of aromatic nitrogens is 3. The fourth-order valence-corrected chi connectivity index (χ4v) is 1.77. The molecule has 2 aromatic rings. The van der Waals surface area contributed by atoms with E-state index in [1.54, 1.807) is 0 Å². The number of rotatable bonds is 2. The number of pyridine rings is 1. The summed E-state index contributed by atoms with van der Waals surface area (Å²) in [5.74, 6) is -1.43. The second kappa shape index (κ2) is 4.94. The van der Waals surface area contributed by atoms with E-state index in [9.17, 15) is 14.0 Å². The SMILES string of the molecule is Cc1cc(=O)n(-c2nc(CO)c(Cl)cc2F)c(=O)[nH]1. The highest BCUT2D eigenvalue weighted by Crippen LogP contribution is 2.18. The van der Waals surface area contributed by atoms with Gasteiger partial charge >= 0.3 is 5.69 Å². The van der Waals surface area contributed by atoms with E-state index in [0.717, 1.165) is 12.1 Å². The fraction of sp³-hybridized carbons (Fsp3) is 0.182. The first-order valence-corrected chi connectivity index (χ1v) is 5.61. The van der Waals surface area contributed by atoms with E-state index < -0.39 is 29.5 Å². The molecule has 2 heterocycles. The maximum atomic E-state index is 13.8. The molecule has 2 aromatic heterocycles. The quantitative estimate of drug-likeness (QED) is 0.842. The molecule has 19 heavy (non-hydrogen) atoms. The number of halogens is 2. The molecule has 0 fully saturated rings. The van der Waals surface area contributed by atoms with Gasteiger partial charge in [0.15, 0.2) is 11.6 Å². The first-order chi connectivity index (χ1) is 8.93. The van der Waals surface area contributed by atoms with Gasteiger partial charge in [-0.05, 0) is 13.0 Å². The van der Waals surface area contributed by atoms with Crippen LogP contribution in [0, 0.1) is 12.7 Å². The summed E-state index contributed by atoms with van der Waals surface area (Å²) in [6, 6.07) is 2.02. The van der Waals surface area contributed by atoms with Crippen molar-refractivity contribution >= 4 is 11.6 Å². The summed E-state index contributed by atoms with van der Waals surface area (Å²) in [7, 11) is 0.